The van der Waals surface area contributed by atoms with E-state index in [1.165, 1.54) is 103 Å². The van der Waals surface area contributed by atoms with Gasteiger partial charge in [-0.1, -0.05) is 90.2 Å². The molecule has 28 heavy (non-hydrogen) atoms. The number of hydrogen-bond acceptors (Lipinski definition) is 3. The van der Waals surface area contributed by atoms with Crippen LogP contribution in [0, 0.1) is 0 Å². The molecule has 3 heteroatoms. The maximum atomic E-state index is 3.69. The minimum absolute atomic E-state index is 0.688. The lowest BCUT2D eigenvalue weighted by atomic mass is 10.1. The first-order valence-corrected chi connectivity index (χ1v) is 12.7. The molecule has 0 aromatic heterocycles. The molecule has 0 aliphatic carbocycles. The fourth-order valence-corrected chi connectivity index (χ4v) is 4.16. The van der Waals surface area contributed by atoms with Gasteiger partial charge in [0.25, 0.3) is 0 Å². The lowest BCUT2D eigenvalue weighted by molar-refractivity contribution is 0.0901. The second kappa shape index (κ2) is 19.9. The van der Waals surface area contributed by atoms with Crippen LogP contribution in [0.25, 0.3) is 0 Å². The van der Waals surface area contributed by atoms with Crippen LogP contribution >= 0.6 is 0 Å². The van der Waals surface area contributed by atoms with E-state index >= 15 is 0 Å². The monoisotopic (exact) mass is 393 g/mol. The zero-order chi connectivity index (χ0) is 20.1. The van der Waals surface area contributed by atoms with Gasteiger partial charge in [-0.05, 0) is 38.5 Å². The van der Waals surface area contributed by atoms with E-state index in [0.717, 1.165) is 26.2 Å². The number of nitrogens with zero attached hydrogens (tertiary/aromatic N) is 1. The molecule has 1 fully saturated rings. The molecule has 0 bridgehead atoms. The van der Waals surface area contributed by atoms with Crippen molar-refractivity contribution in [1.29, 1.82) is 0 Å². The van der Waals surface area contributed by atoms with Crippen molar-refractivity contribution in [1.82, 2.24) is 15.8 Å². The van der Waals surface area contributed by atoms with Gasteiger partial charge >= 0.3 is 0 Å². The van der Waals surface area contributed by atoms with Crippen LogP contribution in [0.3, 0.4) is 0 Å². The molecule has 1 unspecified atom stereocenters. The van der Waals surface area contributed by atoms with Crippen LogP contribution in [-0.4, -0.2) is 37.2 Å². The molecule has 3 nitrogen and oxygen atoms in total. The average Bonchev–Trinajstić information content (AvgIpc) is 2.71. The van der Waals surface area contributed by atoms with Crippen LogP contribution in [-0.2, 0) is 0 Å². The normalized spacial score (nSPS) is 18.3. The van der Waals surface area contributed by atoms with E-state index in [9.17, 15) is 0 Å². The highest BCUT2D eigenvalue weighted by Gasteiger charge is 2.20. The summed E-state index contributed by atoms with van der Waals surface area (Å²) in [5.74, 6) is 0. The van der Waals surface area contributed by atoms with Gasteiger partial charge in [-0.25, -0.2) is 5.01 Å². The van der Waals surface area contributed by atoms with Crippen molar-refractivity contribution >= 4 is 0 Å². The molecule has 1 atom stereocenters. The molecule has 1 heterocycles. The Labute approximate surface area is 177 Å². The second-order valence-corrected chi connectivity index (χ2v) is 8.69. The Kier molecular flexibility index (Phi) is 18.2. The van der Waals surface area contributed by atoms with E-state index in [-0.39, 0.29) is 0 Å². The summed E-state index contributed by atoms with van der Waals surface area (Å²) in [6, 6.07) is 0.688. The van der Waals surface area contributed by atoms with Crippen molar-refractivity contribution in [2.75, 3.05) is 26.2 Å². The summed E-state index contributed by atoms with van der Waals surface area (Å²) in [5, 5.41) is 6.02. The van der Waals surface area contributed by atoms with E-state index < -0.39 is 0 Å². The number of hydrogen-bond donors (Lipinski definition) is 2. The number of piperazine rings is 1. The van der Waals surface area contributed by atoms with Gasteiger partial charge in [-0.3, -0.25) is 5.43 Å². The molecule has 2 N–H and O–H groups in total. The van der Waals surface area contributed by atoms with Crippen LogP contribution in [0.5, 0.6) is 0 Å². The Morgan fingerprint density at radius 3 is 2.04 bits per heavy atom. The number of unbranched alkanes of at least 4 members (excludes halogenated alkanes) is 12. The Morgan fingerprint density at radius 2 is 1.39 bits per heavy atom. The quantitative estimate of drug-likeness (QED) is 0.191. The standard InChI is InChI=1S/C25H51N3/c1-3-5-6-7-8-9-10-11-12-13-14-15-16-17-18-19-21-27-28-23-22-26-24-25(28)20-4-2/h11-12,25-27H,3-10,13-24H2,1-2H3/b12-11-. The zero-order valence-electron chi connectivity index (χ0n) is 19.3. The maximum absolute atomic E-state index is 3.69. The fourth-order valence-electron chi connectivity index (χ4n) is 4.16. The van der Waals surface area contributed by atoms with Crippen LogP contribution < -0.4 is 10.7 Å². The Bertz CT molecular complexity index is 341. The van der Waals surface area contributed by atoms with E-state index in [4.69, 9.17) is 0 Å². The SMILES string of the molecule is CCCCCCCC/C=C\CCCCCCCCNN1CCNCC1CCC. The van der Waals surface area contributed by atoms with Gasteiger partial charge in [0.1, 0.15) is 0 Å². The second-order valence-electron chi connectivity index (χ2n) is 8.69. The van der Waals surface area contributed by atoms with Gasteiger partial charge in [0.2, 0.25) is 0 Å². The van der Waals surface area contributed by atoms with Gasteiger partial charge in [0.05, 0.1) is 0 Å². The summed E-state index contributed by atoms with van der Waals surface area (Å²) in [5.41, 5.74) is 3.69. The highest BCUT2D eigenvalue weighted by atomic mass is 15.5. The molecule has 0 saturated carbocycles. The van der Waals surface area contributed by atoms with Crippen molar-refractivity contribution < 1.29 is 0 Å². The topological polar surface area (TPSA) is 27.3 Å². The number of nitrogens with one attached hydrogen (secondary N) is 2. The summed E-state index contributed by atoms with van der Waals surface area (Å²) in [7, 11) is 0. The van der Waals surface area contributed by atoms with E-state index in [1.54, 1.807) is 0 Å². The zero-order valence-corrected chi connectivity index (χ0v) is 19.3. The summed E-state index contributed by atoms with van der Waals surface area (Å²) >= 11 is 0. The number of hydrazine groups is 1. The summed E-state index contributed by atoms with van der Waals surface area (Å²) in [6.07, 6.45) is 26.8. The fraction of sp³-hybridized carbons (Fsp3) is 0.920. The summed E-state index contributed by atoms with van der Waals surface area (Å²) in [4.78, 5) is 0. The number of rotatable bonds is 19. The van der Waals surface area contributed by atoms with Crippen molar-refractivity contribution in [3.8, 4) is 0 Å². The van der Waals surface area contributed by atoms with Gasteiger partial charge in [0, 0.05) is 32.2 Å². The third-order valence-electron chi connectivity index (χ3n) is 5.98. The van der Waals surface area contributed by atoms with Crippen molar-refractivity contribution in [2.24, 2.45) is 0 Å². The van der Waals surface area contributed by atoms with Gasteiger partial charge < -0.3 is 5.32 Å². The average molecular weight is 394 g/mol. The van der Waals surface area contributed by atoms with Gasteiger partial charge in [-0.2, -0.15) is 0 Å². The van der Waals surface area contributed by atoms with E-state index in [1.807, 2.05) is 0 Å². The highest BCUT2D eigenvalue weighted by Crippen LogP contribution is 2.10. The molecular weight excluding hydrogens is 342 g/mol. The summed E-state index contributed by atoms with van der Waals surface area (Å²) in [6.45, 7) is 9.16. The van der Waals surface area contributed by atoms with Crippen LogP contribution in [0.2, 0.25) is 0 Å². The van der Waals surface area contributed by atoms with Gasteiger partial charge in [-0.15, -0.1) is 0 Å². The molecule has 0 aromatic rings. The largest absolute Gasteiger partial charge is 0.314 e. The smallest absolute Gasteiger partial charge is 0.0368 e. The first-order chi connectivity index (χ1) is 13.9. The molecule has 1 rings (SSSR count). The number of allylic oxidation sites excluding steroid dienone is 2. The highest BCUT2D eigenvalue weighted by molar-refractivity contribution is 4.81. The van der Waals surface area contributed by atoms with Gasteiger partial charge in [0.15, 0.2) is 0 Å². The lowest BCUT2D eigenvalue weighted by Gasteiger charge is -2.36. The molecule has 0 amide bonds. The third kappa shape index (κ3) is 14.6. The first kappa shape index (κ1) is 25.7. The van der Waals surface area contributed by atoms with Crippen LogP contribution in [0.4, 0.5) is 0 Å². The molecule has 166 valence electrons. The molecule has 1 aliphatic heterocycles. The first-order valence-electron chi connectivity index (χ1n) is 12.7. The molecular formula is C25H51N3. The Hall–Kier alpha value is -0.380. The van der Waals surface area contributed by atoms with Crippen LogP contribution in [0.15, 0.2) is 12.2 Å². The molecule has 0 aromatic carbocycles. The Morgan fingerprint density at radius 1 is 0.786 bits per heavy atom. The maximum Gasteiger partial charge on any atom is 0.0368 e. The van der Waals surface area contributed by atoms with Crippen molar-refractivity contribution in [3.05, 3.63) is 12.2 Å². The molecule has 0 radical (unpaired) electrons. The third-order valence-corrected chi connectivity index (χ3v) is 5.98. The minimum Gasteiger partial charge on any atom is -0.314 e. The lowest BCUT2D eigenvalue weighted by Crippen LogP contribution is -2.56. The summed E-state index contributed by atoms with van der Waals surface area (Å²) < 4.78 is 0. The molecule has 1 saturated heterocycles. The van der Waals surface area contributed by atoms with Crippen molar-refractivity contribution in [2.45, 2.75) is 123 Å². The van der Waals surface area contributed by atoms with Crippen molar-refractivity contribution in [3.63, 3.8) is 0 Å². The predicted molar refractivity (Wildman–Crippen MR) is 126 cm³/mol. The molecule has 1 aliphatic rings. The minimum atomic E-state index is 0.688. The predicted octanol–water partition coefficient (Wildman–Crippen LogP) is 6.60. The molecule has 0 spiro atoms. The van der Waals surface area contributed by atoms with E-state index in [0.29, 0.717) is 6.04 Å². The van der Waals surface area contributed by atoms with Crippen LogP contribution in [0.1, 0.15) is 117 Å². The Balaban J connectivity index is 1.81. The van der Waals surface area contributed by atoms with E-state index in [2.05, 4.69) is 41.8 Å².